The maximum absolute atomic E-state index is 12.4. The fourth-order valence-electron chi connectivity index (χ4n) is 1.31. The van der Waals surface area contributed by atoms with Gasteiger partial charge in [-0.15, -0.1) is 0 Å². The Balaban J connectivity index is 5.51. The summed E-state index contributed by atoms with van der Waals surface area (Å²) in [6.07, 6.45) is 0. The average molecular weight is 482 g/mol. The SMILES string of the molecule is CC(C)(C)OC(=O)C(I)(C(I)C(=O)O)C(C)(C)C. The lowest BCUT2D eigenvalue weighted by Gasteiger charge is -2.41. The van der Waals surface area contributed by atoms with Gasteiger partial charge in [-0.2, -0.15) is 0 Å². The summed E-state index contributed by atoms with van der Waals surface area (Å²) >= 11 is 3.72. The van der Waals surface area contributed by atoms with Crippen LogP contribution < -0.4 is 0 Å². The monoisotopic (exact) mass is 482 g/mol. The van der Waals surface area contributed by atoms with Crippen LogP contribution in [0.1, 0.15) is 41.5 Å². The predicted octanol–water partition coefficient (Wildman–Crippen LogP) is 3.44. The van der Waals surface area contributed by atoms with Crippen LogP contribution in [0.5, 0.6) is 0 Å². The fourth-order valence-corrected chi connectivity index (χ4v) is 2.88. The van der Waals surface area contributed by atoms with Gasteiger partial charge in [0.1, 0.15) is 12.9 Å². The lowest BCUT2D eigenvalue weighted by atomic mass is 9.78. The number of hydrogen-bond acceptors (Lipinski definition) is 3. The zero-order valence-electron chi connectivity index (χ0n) is 11.5. The van der Waals surface area contributed by atoms with Crippen LogP contribution in [0.25, 0.3) is 0 Å². The molecule has 0 rings (SSSR count). The molecule has 0 amide bonds. The third-order valence-corrected chi connectivity index (χ3v) is 7.69. The van der Waals surface area contributed by atoms with Crippen LogP contribution in [-0.4, -0.2) is 30.0 Å². The zero-order valence-corrected chi connectivity index (χ0v) is 15.8. The van der Waals surface area contributed by atoms with Crippen molar-refractivity contribution in [2.45, 2.75) is 54.5 Å². The van der Waals surface area contributed by atoms with Crippen LogP contribution in [0, 0.1) is 5.41 Å². The first-order valence-corrected chi connectivity index (χ1v) is 7.85. The van der Waals surface area contributed by atoms with E-state index in [1.165, 1.54) is 0 Å². The lowest BCUT2D eigenvalue weighted by Crippen LogP contribution is -2.55. The lowest BCUT2D eigenvalue weighted by molar-refractivity contribution is -0.162. The molecule has 0 heterocycles. The highest BCUT2D eigenvalue weighted by Crippen LogP contribution is 2.46. The van der Waals surface area contributed by atoms with E-state index < -0.39 is 30.3 Å². The Bertz CT molecular complexity index is 341. The van der Waals surface area contributed by atoms with Crippen LogP contribution >= 0.6 is 45.2 Å². The molecule has 0 saturated heterocycles. The largest absolute Gasteiger partial charge is 0.480 e. The standard InChI is InChI=1S/C12H20I2O4/c1-10(2,3)12(14,7(13)8(15)16)9(17)18-11(4,5)6/h7H,1-6H3,(H,15,16). The minimum atomic E-state index is -1.12. The van der Waals surface area contributed by atoms with Gasteiger partial charge in [-0.1, -0.05) is 66.0 Å². The third-order valence-electron chi connectivity index (χ3n) is 2.35. The molecular weight excluding hydrogens is 462 g/mol. The van der Waals surface area contributed by atoms with Gasteiger partial charge in [0.2, 0.25) is 0 Å². The first-order valence-electron chi connectivity index (χ1n) is 5.52. The molecule has 6 heteroatoms. The summed E-state index contributed by atoms with van der Waals surface area (Å²) in [6, 6.07) is 0. The molecule has 106 valence electrons. The van der Waals surface area contributed by atoms with Crippen molar-refractivity contribution in [3.05, 3.63) is 0 Å². The molecule has 0 aliphatic rings. The van der Waals surface area contributed by atoms with Crippen LogP contribution in [0.4, 0.5) is 0 Å². The molecule has 0 aliphatic carbocycles. The van der Waals surface area contributed by atoms with E-state index in [1.807, 2.05) is 43.4 Å². The second-order valence-electron chi connectivity index (χ2n) is 6.16. The average Bonchev–Trinajstić information content (AvgIpc) is 2.10. The van der Waals surface area contributed by atoms with Crippen molar-refractivity contribution < 1.29 is 19.4 Å². The molecule has 2 atom stereocenters. The Morgan fingerprint density at radius 3 is 1.72 bits per heavy atom. The van der Waals surface area contributed by atoms with Gasteiger partial charge in [0, 0.05) is 0 Å². The van der Waals surface area contributed by atoms with Crippen molar-refractivity contribution in [2.24, 2.45) is 5.41 Å². The summed E-state index contributed by atoms with van der Waals surface area (Å²) in [5.41, 5.74) is -1.16. The maximum Gasteiger partial charge on any atom is 0.324 e. The normalized spacial score (nSPS) is 17.8. The molecule has 0 radical (unpaired) electrons. The first kappa shape index (κ1) is 18.4. The Morgan fingerprint density at radius 1 is 1.11 bits per heavy atom. The summed E-state index contributed by atoms with van der Waals surface area (Å²) in [6.45, 7) is 10.8. The second kappa shape index (κ2) is 5.80. The molecule has 0 saturated carbocycles. The Hall–Kier alpha value is 0.400. The van der Waals surface area contributed by atoms with Gasteiger partial charge in [-0.25, -0.2) is 0 Å². The second-order valence-corrected chi connectivity index (χ2v) is 9.11. The third kappa shape index (κ3) is 4.21. The minimum Gasteiger partial charge on any atom is -0.480 e. The summed E-state index contributed by atoms with van der Waals surface area (Å²) in [5, 5.41) is 9.21. The number of carboxylic acids is 1. The molecule has 0 bridgehead atoms. The topological polar surface area (TPSA) is 63.6 Å². The smallest absolute Gasteiger partial charge is 0.324 e. The van der Waals surface area contributed by atoms with Gasteiger partial charge in [-0.05, 0) is 26.2 Å². The fraction of sp³-hybridized carbons (Fsp3) is 0.833. The first-order chi connectivity index (χ1) is 7.73. The Labute approximate surface area is 136 Å². The van der Waals surface area contributed by atoms with Crippen LogP contribution in [0.15, 0.2) is 0 Å². The van der Waals surface area contributed by atoms with Crippen molar-refractivity contribution >= 4 is 57.1 Å². The van der Waals surface area contributed by atoms with E-state index in [1.54, 1.807) is 43.4 Å². The number of carboxylic acid groups (broad SMARTS) is 1. The molecule has 0 aromatic carbocycles. The molecule has 0 aromatic rings. The molecule has 4 nitrogen and oxygen atoms in total. The van der Waals surface area contributed by atoms with Gasteiger partial charge in [-0.3, -0.25) is 9.59 Å². The number of alkyl halides is 2. The number of carbonyl (C=O) groups excluding carboxylic acids is 1. The molecule has 2 unspecified atom stereocenters. The number of halogens is 2. The number of rotatable bonds is 3. The molecule has 0 fully saturated rings. The number of esters is 1. The van der Waals surface area contributed by atoms with Crippen molar-refractivity contribution in [3.63, 3.8) is 0 Å². The van der Waals surface area contributed by atoms with E-state index in [0.717, 1.165) is 0 Å². The number of carbonyl (C=O) groups is 2. The van der Waals surface area contributed by atoms with Crippen molar-refractivity contribution in [1.29, 1.82) is 0 Å². The number of ether oxygens (including phenoxy) is 1. The molecule has 0 aromatic heterocycles. The Kier molecular flexibility index (Phi) is 5.93. The van der Waals surface area contributed by atoms with Crippen molar-refractivity contribution in [1.82, 2.24) is 0 Å². The minimum absolute atomic E-state index is 0.482. The summed E-state index contributed by atoms with van der Waals surface area (Å²) in [4.78, 5) is 23.6. The van der Waals surface area contributed by atoms with Crippen molar-refractivity contribution in [2.75, 3.05) is 0 Å². The molecule has 0 aliphatic heterocycles. The molecule has 0 spiro atoms. The van der Waals surface area contributed by atoms with Gasteiger partial charge in [0.05, 0.1) is 0 Å². The zero-order chi connectivity index (χ0) is 14.9. The van der Waals surface area contributed by atoms with Crippen LogP contribution in [-0.2, 0) is 14.3 Å². The predicted molar refractivity (Wildman–Crippen MR) is 87.5 cm³/mol. The van der Waals surface area contributed by atoms with E-state index >= 15 is 0 Å². The molecule has 1 N–H and O–H groups in total. The highest BCUT2D eigenvalue weighted by atomic mass is 127. The summed E-state index contributed by atoms with van der Waals surface area (Å²) < 4.78 is 3.41. The summed E-state index contributed by atoms with van der Waals surface area (Å²) in [5.74, 6) is -1.49. The van der Waals surface area contributed by atoms with Crippen molar-refractivity contribution in [3.8, 4) is 0 Å². The van der Waals surface area contributed by atoms with E-state index in [4.69, 9.17) is 4.74 Å². The van der Waals surface area contributed by atoms with E-state index in [2.05, 4.69) is 0 Å². The van der Waals surface area contributed by atoms with Gasteiger partial charge >= 0.3 is 11.9 Å². The number of aliphatic carboxylic acids is 1. The van der Waals surface area contributed by atoms with Gasteiger partial charge in [0.25, 0.3) is 0 Å². The number of hydrogen-bond donors (Lipinski definition) is 1. The molecule has 18 heavy (non-hydrogen) atoms. The van der Waals surface area contributed by atoms with Crippen LogP contribution in [0.2, 0.25) is 0 Å². The van der Waals surface area contributed by atoms with Crippen LogP contribution in [0.3, 0.4) is 0 Å². The van der Waals surface area contributed by atoms with E-state index in [-0.39, 0.29) is 0 Å². The molecular formula is C12H20I2O4. The quantitative estimate of drug-likeness (QED) is 0.381. The highest BCUT2D eigenvalue weighted by molar-refractivity contribution is 14.1. The van der Waals surface area contributed by atoms with Gasteiger partial charge in [0.15, 0.2) is 0 Å². The summed E-state index contributed by atoms with van der Waals surface area (Å²) in [7, 11) is 0. The van der Waals surface area contributed by atoms with E-state index in [0.29, 0.717) is 0 Å². The highest BCUT2D eigenvalue weighted by Gasteiger charge is 2.56. The Morgan fingerprint density at radius 2 is 1.50 bits per heavy atom. The maximum atomic E-state index is 12.4. The van der Waals surface area contributed by atoms with E-state index in [9.17, 15) is 14.7 Å². The van der Waals surface area contributed by atoms with Gasteiger partial charge < -0.3 is 9.84 Å².